The van der Waals surface area contributed by atoms with E-state index in [1.807, 2.05) is 0 Å². The smallest absolute Gasteiger partial charge is 0.225 e. The fourth-order valence-corrected chi connectivity index (χ4v) is 1.67. The molecule has 0 saturated heterocycles. The van der Waals surface area contributed by atoms with Crippen LogP contribution in [0.2, 0.25) is 0 Å². The molecule has 1 rings (SSSR count). The molecule has 0 unspecified atom stereocenters. The van der Waals surface area contributed by atoms with Crippen molar-refractivity contribution in [2.45, 2.75) is 12.5 Å². The normalized spacial score (nSPS) is 26.5. The van der Waals surface area contributed by atoms with Crippen LogP contribution in [0.4, 0.5) is 0 Å². The summed E-state index contributed by atoms with van der Waals surface area (Å²) in [6, 6.07) is 0. The van der Waals surface area contributed by atoms with Gasteiger partial charge in [0, 0.05) is 15.7 Å². The Bertz CT molecular complexity index is 460. The zero-order valence-corrected chi connectivity index (χ0v) is 8.54. The van der Waals surface area contributed by atoms with Crippen molar-refractivity contribution in [1.82, 2.24) is 0 Å². The number of carbonyl (C=O) groups is 2. The predicted molar refractivity (Wildman–Crippen MR) is 55.0 cm³/mol. The average Bonchev–Trinajstić information content (AvgIpc) is 2.29. The van der Waals surface area contributed by atoms with E-state index in [-0.39, 0.29) is 6.42 Å². The SMILES string of the molecule is [N-]=[N+]=NC(=O)[C@@H]1[C@@H](C(=O)N=[N+]=[N-])CC=C[C@@H]1O. The van der Waals surface area contributed by atoms with Gasteiger partial charge in [-0.25, -0.2) is 0 Å². The highest BCUT2D eigenvalue weighted by Crippen LogP contribution is 2.28. The van der Waals surface area contributed by atoms with Crippen LogP contribution in [0.3, 0.4) is 0 Å². The van der Waals surface area contributed by atoms with Crippen LogP contribution < -0.4 is 0 Å². The molecule has 17 heavy (non-hydrogen) atoms. The Kier molecular flexibility index (Phi) is 4.24. The monoisotopic (exact) mass is 236 g/mol. The van der Waals surface area contributed by atoms with E-state index in [0.717, 1.165) is 0 Å². The van der Waals surface area contributed by atoms with E-state index in [0.29, 0.717) is 0 Å². The zero-order chi connectivity index (χ0) is 12.8. The van der Waals surface area contributed by atoms with E-state index in [4.69, 9.17) is 11.1 Å². The molecule has 9 heteroatoms. The van der Waals surface area contributed by atoms with Crippen LogP contribution in [0.1, 0.15) is 6.42 Å². The van der Waals surface area contributed by atoms with Gasteiger partial charge >= 0.3 is 0 Å². The second kappa shape index (κ2) is 5.66. The molecule has 3 atom stereocenters. The highest BCUT2D eigenvalue weighted by Gasteiger charge is 2.38. The van der Waals surface area contributed by atoms with E-state index in [9.17, 15) is 14.7 Å². The Morgan fingerprint density at radius 2 is 1.82 bits per heavy atom. The van der Waals surface area contributed by atoms with E-state index in [2.05, 4.69) is 20.1 Å². The van der Waals surface area contributed by atoms with Gasteiger partial charge in [-0.3, -0.25) is 9.59 Å². The maximum atomic E-state index is 11.4. The summed E-state index contributed by atoms with van der Waals surface area (Å²) in [6.45, 7) is 0. The van der Waals surface area contributed by atoms with Crippen LogP contribution in [-0.2, 0) is 9.59 Å². The molecule has 0 aromatic rings. The van der Waals surface area contributed by atoms with Gasteiger partial charge in [0.05, 0.1) is 12.0 Å². The lowest BCUT2D eigenvalue weighted by Gasteiger charge is -2.27. The molecule has 1 aliphatic rings. The van der Waals surface area contributed by atoms with Crippen LogP contribution in [0.25, 0.3) is 20.9 Å². The highest BCUT2D eigenvalue weighted by molar-refractivity contribution is 5.89. The molecule has 88 valence electrons. The Balaban J connectivity index is 3.05. The number of carbonyl (C=O) groups excluding carboxylic acids is 2. The first-order valence-electron chi connectivity index (χ1n) is 4.64. The van der Waals surface area contributed by atoms with Crippen LogP contribution in [0.5, 0.6) is 0 Å². The third-order valence-corrected chi connectivity index (χ3v) is 2.41. The number of nitrogens with zero attached hydrogens (tertiary/aromatic N) is 6. The molecule has 1 N–H and O–H groups in total. The van der Waals surface area contributed by atoms with E-state index in [1.165, 1.54) is 12.2 Å². The first kappa shape index (κ1) is 12.7. The minimum absolute atomic E-state index is 0.145. The molecule has 0 aromatic carbocycles. The largest absolute Gasteiger partial charge is 0.388 e. The molecular formula is C8H8N6O3. The van der Waals surface area contributed by atoms with Gasteiger partial charge in [0.2, 0.25) is 11.8 Å². The summed E-state index contributed by atoms with van der Waals surface area (Å²) in [4.78, 5) is 27.5. The highest BCUT2D eigenvalue weighted by atomic mass is 16.3. The molecule has 0 aromatic heterocycles. The molecule has 0 aliphatic heterocycles. The van der Waals surface area contributed by atoms with Crippen molar-refractivity contribution in [1.29, 1.82) is 0 Å². The van der Waals surface area contributed by atoms with Gasteiger partial charge in [0.25, 0.3) is 0 Å². The van der Waals surface area contributed by atoms with Crippen LogP contribution in [0, 0.1) is 11.8 Å². The average molecular weight is 236 g/mol. The van der Waals surface area contributed by atoms with Gasteiger partial charge in [-0.1, -0.05) is 12.2 Å². The minimum Gasteiger partial charge on any atom is -0.388 e. The van der Waals surface area contributed by atoms with Crippen molar-refractivity contribution < 1.29 is 14.7 Å². The third-order valence-electron chi connectivity index (χ3n) is 2.41. The number of allylic oxidation sites excluding steroid dienone is 1. The number of hydrogen-bond donors (Lipinski definition) is 1. The number of amides is 2. The molecule has 0 saturated carbocycles. The molecule has 0 bridgehead atoms. The second-order valence-electron chi connectivity index (χ2n) is 3.34. The first-order valence-corrected chi connectivity index (χ1v) is 4.64. The summed E-state index contributed by atoms with van der Waals surface area (Å²) in [5, 5.41) is 15.3. The lowest BCUT2D eigenvalue weighted by Crippen LogP contribution is -2.38. The van der Waals surface area contributed by atoms with Gasteiger partial charge in [-0.05, 0) is 27.7 Å². The molecule has 0 spiro atoms. The van der Waals surface area contributed by atoms with E-state index < -0.39 is 29.8 Å². The summed E-state index contributed by atoms with van der Waals surface area (Å²) in [7, 11) is 0. The maximum Gasteiger partial charge on any atom is 0.225 e. The first-order chi connectivity index (χ1) is 8.11. The van der Waals surface area contributed by atoms with Gasteiger partial charge < -0.3 is 5.11 Å². The van der Waals surface area contributed by atoms with Gasteiger partial charge in [0.15, 0.2) is 0 Å². The number of aliphatic hydroxyl groups excluding tert-OH is 1. The molecule has 0 radical (unpaired) electrons. The molecular weight excluding hydrogens is 228 g/mol. The van der Waals surface area contributed by atoms with Crippen LogP contribution in [-0.4, -0.2) is 23.0 Å². The topological polar surface area (TPSA) is 152 Å². The molecule has 1 aliphatic carbocycles. The Labute approximate surface area is 95.0 Å². The van der Waals surface area contributed by atoms with Crippen molar-refractivity contribution in [3.8, 4) is 0 Å². The van der Waals surface area contributed by atoms with Crippen molar-refractivity contribution in [2.24, 2.45) is 22.1 Å². The minimum atomic E-state index is -1.23. The summed E-state index contributed by atoms with van der Waals surface area (Å²) < 4.78 is 0. The molecule has 2 amide bonds. The maximum absolute atomic E-state index is 11.4. The van der Waals surface area contributed by atoms with Crippen molar-refractivity contribution in [3.63, 3.8) is 0 Å². The van der Waals surface area contributed by atoms with E-state index >= 15 is 0 Å². The fourth-order valence-electron chi connectivity index (χ4n) is 1.67. The number of azide groups is 2. The van der Waals surface area contributed by atoms with Gasteiger partial charge in [0.1, 0.15) is 0 Å². The zero-order valence-electron chi connectivity index (χ0n) is 8.54. The van der Waals surface area contributed by atoms with Crippen molar-refractivity contribution in [3.05, 3.63) is 33.0 Å². The Morgan fingerprint density at radius 1 is 1.24 bits per heavy atom. The predicted octanol–water partition coefficient (Wildman–Crippen LogP) is 1.21. The Morgan fingerprint density at radius 3 is 2.41 bits per heavy atom. The summed E-state index contributed by atoms with van der Waals surface area (Å²) in [6.07, 6.45) is 1.74. The molecule has 0 heterocycles. The number of hydrogen-bond acceptors (Lipinski definition) is 3. The third kappa shape index (κ3) is 2.82. The quantitative estimate of drug-likeness (QED) is 0.331. The van der Waals surface area contributed by atoms with Gasteiger partial charge in [-0.15, -0.1) is 0 Å². The van der Waals surface area contributed by atoms with Gasteiger partial charge in [-0.2, -0.15) is 0 Å². The number of rotatable bonds is 2. The second-order valence-corrected chi connectivity index (χ2v) is 3.34. The lowest BCUT2D eigenvalue weighted by molar-refractivity contribution is -0.134. The van der Waals surface area contributed by atoms with Crippen molar-refractivity contribution in [2.75, 3.05) is 0 Å². The van der Waals surface area contributed by atoms with E-state index in [1.54, 1.807) is 0 Å². The molecule has 9 nitrogen and oxygen atoms in total. The Hall–Kier alpha value is -2.34. The summed E-state index contributed by atoms with van der Waals surface area (Å²) in [5.74, 6) is -4.00. The lowest BCUT2D eigenvalue weighted by atomic mass is 9.80. The van der Waals surface area contributed by atoms with Crippen LogP contribution in [0.15, 0.2) is 22.4 Å². The fraction of sp³-hybridized carbons (Fsp3) is 0.500. The summed E-state index contributed by atoms with van der Waals surface area (Å²) in [5.41, 5.74) is 16.3. The van der Waals surface area contributed by atoms with Crippen LogP contribution >= 0.6 is 0 Å². The molecule has 0 fully saturated rings. The standard InChI is InChI=1S/C8H8N6O3/c9-13-11-7(16)4-2-1-3-5(15)6(4)8(17)12-14-10/h1,3-6,15H,2H2/t4-,5-,6+/m0/s1. The summed E-state index contributed by atoms with van der Waals surface area (Å²) >= 11 is 0. The number of aliphatic hydroxyl groups is 1. The van der Waals surface area contributed by atoms with Crippen molar-refractivity contribution >= 4 is 11.8 Å².